The van der Waals surface area contributed by atoms with Gasteiger partial charge in [-0.15, -0.1) is 0 Å². The number of amides is 2. The number of likely N-dealkylation sites (tertiary alicyclic amines) is 1. The van der Waals surface area contributed by atoms with Crippen LogP contribution in [0.4, 0.5) is 5.69 Å². The lowest BCUT2D eigenvalue weighted by molar-refractivity contribution is -0.134. The van der Waals surface area contributed by atoms with E-state index in [4.69, 9.17) is 11.6 Å². The van der Waals surface area contributed by atoms with Gasteiger partial charge in [0, 0.05) is 31.1 Å². The highest BCUT2D eigenvalue weighted by molar-refractivity contribution is 6.33. The molecule has 1 aromatic heterocycles. The Morgan fingerprint density at radius 2 is 2.12 bits per heavy atom. The van der Waals surface area contributed by atoms with Crippen molar-refractivity contribution < 1.29 is 9.59 Å². The summed E-state index contributed by atoms with van der Waals surface area (Å²) < 4.78 is 0. The Hall–Kier alpha value is -1.62. The predicted molar refractivity (Wildman–Crippen MR) is 93.6 cm³/mol. The molecule has 3 rings (SSSR count). The smallest absolute Gasteiger partial charge is 0.227 e. The molecule has 2 aliphatic rings. The number of carbonyl (C=O) groups is 2. The van der Waals surface area contributed by atoms with Gasteiger partial charge in [-0.3, -0.25) is 14.6 Å². The Morgan fingerprint density at radius 3 is 2.83 bits per heavy atom. The van der Waals surface area contributed by atoms with Crippen LogP contribution < -0.4 is 5.32 Å². The molecule has 1 aliphatic carbocycles. The van der Waals surface area contributed by atoms with Crippen molar-refractivity contribution in [1.82, 2.24) is 9.88 Å². The number of rotatable bonds is 3. The maximum atomic E-state index is 12.8. The maximum absolute atomic E-state index is 12.8. The Labute approximate surface area is 147 Å². The van der Waals surface area contributed by atoms with E-state index >= 15 is 0 Å². The number of carbonyl (C=O) groups excluding carboxylic acids is 2. The largest absolute Gasteiger partial charge is 0.342 e. The molecule has 1 saturated carbocycles. The highest BCUT2D eigenvalue weighted by Crippen LogP contribution is 2.41. The van der Waals surface area contributed by atoms with E-state index in [9.17, 15) is 9.59 Å². The van der Waals surface area contributed by atoms with E-state index in [1.54, 1.807) is 18.5 Å². The zero-order valence-corrected chi connectivity index (χ0v) is 14.9. The van der Waals surface area contributed by atoms with E-state index < -0.39 is 0 Å². The predicted octanol–water partition coefficient (Wildman–Crippen LogP) is 3.20. The molecular formula is C18H24ClN3O2. The van der Waals surface area contributed by atoms with E-state index in [0.29, 0.717) is 23.2 Å². The Kier molecular flexibility index (Phi) is 5.09. The van der Waals surface area contributed by atoms with Crippen LogP contribution in [0.1, 0.15) is 33.1 Å². The molecule has 5 nitrogen and oxygen atoms in total. The molecule has 1 aliphatic heterocycles. The number of anilines is 1. The second-order valence-corrected chi connectivity index (χ2v) is 7.61. The molecule has 2 amide bonds. The lowest BCUT2D eigenvalue weighted by atomic mass is 9.73. The standard InChI is InChI=1S/C18H24ClN3O2/c1-11(2)18(24)22-9-12-4-3-5-13(14(12)10-22)17(23)21-16-8-20-7-6-15(16)19/h6-8,11-14H,3-5,9-10H2,1-2H3,(H,21,23)/t12-,13-,14-/m1/s1. The molecule has 24 heavy (non-hydrogen) atoms. The summed E-state index contributed by atoms with van der Waals surface area (Å²) in [5.74, 6) is 0.812. The number of pyridine rings is 1. The molecule has 0 bridgehead atoms. The number of fused-ring (bicyclic) bond motifs is 1. The summed E-state index contributed by atoms with van der Waals surface area (Å²) in [6.45, 7) is 5.34. The number of hydrogen-bond acceptors (Lipinski definition) is 3. The third-order valence-corrected chi connectivity index (χ3v) is 5.60. The summed E-state index contributed by atoms with van der Waals surface area (Å²) in [7, 11) is 0. The number of nitrogens with zero attached hydrogens (tertiary/aromatic N) is 2. The molecule has 1 N–H and O–H groups in total. The molecule has 2 fully saturated rings. The van der Waals surface area contributed by atoms with Gasteiger partial charge in [0.25, 0.3) is 0 Å². The van der Waals surface area contributed by atoms with Crippen molar-refractivity contribution in [1.29, 1.82) is 0 Å². The fraction of sp³-hybridized carbons (Fsp3) is 0.611. The van der Waals surface area contributed by atoms with Crippen LogP contribution in [0.15, 0.2) is 18.5 Å². The third-order valence-electron chi connectivity index (χ3n) is 5.27. The fourth-order valence-corrected chi connectivity index (χ4v) is 4.19. The first-order valence-corrected chi connectivity index (χ1v) is 9.04. The average Bonchev–Trinajstić information content (AvgIpc) is 2.99. The van der Waals surface area contributed by atoms with E-state index in [-0.39, 0.29) is 29.6 Å². The highest BCUT2D eigenvalue weighted by atomic mass is 35.5. The lowest BCUT2D eigenvalue weighted by Gasteiger charge is -2.31. The first-order chi connectivity index (χ1) is 11.5. The van der Waals surface area contributed by atoms with Gasteiger partial charge < -0.3 is 10.2 Å². The molecule has 0 spiro atoms. The SMILES string of the molecule is CC(C)C(=O)N1C[C@H]2CCC[C@@H](C(=O)Nc3cnccc3Cl)[C@@H]2C1. The number of halogens is 1. The summed E-state index contributed by atoms with van der Waals surface area (Å²) in [6, 6.07) is 1.67. The van der Waals surface area contributed by atoms with Crippen LogP contribution in [0.2, 0.25) is 5.02 Å². The van der Waals surface area contributed by atoms with Crippen molar-refractivity contribution in [3.63, 3.8) is 0 Å². The maximum Gasteiger partial charge on any atom is 0.227 e. The van der Waals surface area contributed by atoms with Crippen molar-refractivity contribution in [3.8, 4) is 0 Å². The van der Waals surface area contributed by atoms with Gasteiger partial charge >= 0.3 is 0 Å². The average molecular weight is 350 g/mol. The molecule has 1 aromatic rings. The molecule has 1 saturated heterocycles. The summed E-state index contributed by atoms with van der Waals surface area (Å²) in [5.41, 5.74) is 0.555. The minimum absolute atomic E-state index is 0.00144. The fourth-order valence-electron chi connectivity index (χ4n) is 4.04. The lowest BCUT2D eigenvalue weighted by Crippen LogP contribution is -2.37. The van der Waals surface area contributed by atoms with Gasteiger partial charge in [-0.25, -0.2) is 0 Å². The van der Waals surface area contributed by atoms with Gasteiger partial charge in [-0.1, -0.05) is 31.9 Å². The first kappa shape index (κ1) is 17.2. The van der Waals surface area contributed by atoms with Gasteiger partial charge in [-0.2, -0.15) is 0 Å². The van der Waals surface area contributed by atoms with Crippen LogP contribution in [-0.2, 0) is 9.59 Å². The number of nitrogens with one attached hydrogen (secondary N) is 1. The van der Waals surface area contributed by atoms with Crippen molar-refractivity contribution in [2.24, 2.45) is 23.7 Å². The molecular weight excluding hydrogens is 326 g/mol. The monoisotopic (exact) mass is 349 g/mol. The zero-order valence-electron chi connectivity index (χ0n) is 14.2. The van der Waals surface area contributed by atoms with Crippen LogP contribution in [0.25, 0.3) is 0 Å². The number of hydrogen-bond donors (Lipinski definition) is 1. The van der Waals surface area contributed by atoms with E-state index in [1.165, 1.54) is 0 Å². The Morgan fingerprint density at radius 1 is 1.33 bits per heavy atom. The molecule has 3 atom stereocenters. The normalized spacial score (nSPS) is 26.3. The van der Waals surface area contributed by atoms with Crippen LogP contribution in [0.3, 0.4) is 0 Å². The topological polar surface area (TPSA) is 62.3 Å². The van der Waals surface area contributed by atoms with Gasteiger partial charge in [0.2, 0.25) is 11.8 Å². The Balaban J connectivity index is 1.71. The molecule has 6 heteroatoms. The van der Waals surface area contributed by atoms with Gasteiger partial charge in [-0.05, 0) is 30.7 Å². The van der Waals surface area contributed by atoms with E-state index in [2.05, 4.69) is 10.3 Å². The molecule has 0 aromatic carbocycles. The van der Waals surface area contributed by atoms with Crippen molar-refractivity contribution in [3.05, 3.63) is 23.5 Å². The third kappa shape index (κ3) is 3.41. The minimum Gasteiger partial charge on any atom is -0.342 e. The van der Waals surface area contributed by atoms with Crippen molar-refractivity contribution in [2.75, 3.05) is 18.4 Å². The molecule has 0 radical (unpaired) electrons. The van der Waals surface area contributed by atoms with Crippen molar-refractivity contribution >= 4 is 29.1 Å². The molecule has 0 unspecified atom stereocenters. The molecule has 2 heterocycles. The van der Waals surface area contributed by atoms with Crippen LogP contribution in [-0.4, -0.2) is 34.8 Å². The van der Waals surface area contributed by atoms with E-state index in [0.717, 1.165) is 25.8 Å². The van der Waals surface area contributed by atoms with Crippen molar-refractivity contribution in [2.45, 2.75) is 33.1 Å². The highest BCUT2D eigenvalue weighted by Gasteiger charge is 2.44. The van der Waals surface area contributed by atoms with Gasteiger partial charge in [0.15, 0.2) is 0 Å². The quantitative estimate of drug-likeness (QED) is 0.911. The van der Waals surface area contributed by atoms with Gasteiger partial charge in [0.05, 0.1) is 16.9 Å². The second-order valence-electron chi connectivity index (χ2n) is 7.20. The first-order valence-electron chi connectivity index (χ1n) is 8.66. The minimum atomic E-state index is -0.0648. The van der Waals surface area contributed by atoms with E-state index in [1.807, 2.05) is 18.7 Å². The van der Waals surface area contributed by atoms with Crippen LogP contribution >= 0.6 is 11.6 Å². The summed E-state index contributed by atoms with van der Waals surface area (Å²) in [4.78, 5) is 31.0. The van der Waals surface area contributed by atoms with Crippen LogP contribution in [0.5, 0.6) is 0 Å². The summed E-state index contributed by atoms with van der Waals surface area (Å²) in [6.07, 6.45) is 6.17. The Bertz CT molecular complexity index is 634. The second kappa shape index (κ2) is 7.09. The number of aromatic nitrogens is 1. The zero-order chi connectivity index (χ0) is 17.3. The summed E-state index contributed by atoms with van der Waals surface area (Å²) in [5, 5.41) is 3.42. The summed E-state index contributed by atoms with van der Waals surface area (Å²) >= 11 is 6.11. The van der Waals surface area contributed by atoms with Gasteiger partial charge in [0.1, 0.15) is 0 Å². The molecule has 130 valence electrons. The van der Waals surface area contributed by atoms with Crippen LogP contribution in [0, 0.1) is 23.7 Å².